The fourth-order valence-corrected chi connectivity index (χ4v) is 3.07. The van der Waals surface area contributed by atoms with Gasteiger partial charge in [0.2, 0.25) is 0 Å². The molecule has 2 N–H and O–H groups in total. The maximum absolute atomic E-state index is 10.8. The summed E-state index contributed by atoms with van der Waals surface area (Å²) < 4.78 is 10.8. The SMILES string of the molecule is C.C.C.C.C.C.CCC(CC)(CC)CP(=O)(O)O. The van der Waals surface area contributed by atoms with Crippen molar-refractivity contribution >= 4 is 7.60 Å². The van der Waals surface area contributed by atoms with E-state index in [1.165, 1.54) is 0 Å². The molecular weight excluding hydrogens is 247 g/mol. The first kappa shape index (κ1) is 42.9. The standard InChI is InChI=1S/C8H19O3P.6CH4/c1-4-8(5-2,6-3)7-12(9,10)11;;;;;;/h4-7H2,1-3H3,(H2,9,10,11);6*1H4. The topological polar surface area (TPSA) is 57.5 Å². The second kappa shape index (κ2) is 17.2. The molecule has 3 nitrogen and oxygen atoms in total. The summed E-state index contributed by atoms with van der Waals surface area (Å²) in [4.78, 5) is 17.7. The van der Waals surface area contributed by atoms with Gasteiger partial charge in [0, 0.05) is 0 Å². The van der Waals surface area contributed by atoms with E-state index in [4.69, 9.17) is 9.79 Å². The summed E-state index contributed by atoms with van der Waals surface area (Å²) in [5.74, 6) is 0. The summed E-state index contributed by atoms with van der Waals surface area (Å²) in [5.41, 5.74) is -0.154. The van der Waals surface area contributed by atoms with Gasteiger partial charge < -0.3 is 9.79 Å². The van der Waals surface area contributed by atoms with Gasteiger partial charge in [-0.1, -0.05) is 65.3 Å². The van der Waals surface area contributed by atoms with Crippen LogP contribution in [0.4, 0.5) is 0 Å². The van der Waals surface area contributed by atoms with Gasteiger partial charge in [-0.15, -0.1) is 0 Å². The zero-order valence-corrected chi connectivity index (χ0v) is 8.97. The van der Waals surface area contributed by atoms with Gasteiger partial charge >= 0.3 is 7.60 Å². The van der Waals surface area contributed by atoms with Crippen LogP contribution in [0.1, 0.15) is 84.6 Å². The lowest BCUT2D eigenvalue weighted by molar-refractivity contribution is 0.261. The van der Waals surface area contributed by atoms with Crippen LogP contribution in [0.25, 0.3) is 0 Å². The highest BCUT2D eigenvalue weighted by Crippen LogP contribution is 2.46. The first-order valence-electron chi connectivity index (χ1n) is 4.43. The van der Waals surface area contributed by atoms with Gasteiger partial charge in [0.05, 0.1) is 6.16 Å². The van der Waals surface area contributed by atoms with E-state index >= 15 is 0 Å². The fourth-order valence-electron chi connectivity index (χ4n) is 1.52. The third kappa shape index (κ3) is 16.1. The minimum Gasteiger partial charge on any atom is -0.324 e. The quantitative estimate of drug-likeness (QED) is 0.593. The smallest absolute Gasteiger partial charge is 0.324 e. The fraction of sp³-hybridized carbons (Fsp3) is 1.00. The second-order valence-electron chi connectivity index (χ2n) is 3.38. The Kier molecular flexibility index (Phi) is 40.9. The zero-order valence-electron chi connectivity index (χ0n) is 8.08. The highest BCUT2D eigenvalue weighted by molar-refractivity contribution is 7.51. The number of hydrogen-bond donors (Lipinski definition) is 2. The highest BCUT2D eigenvalue weighted by Gasteiger charge is 2.31. The first-order chi connectivity index (χ1) is 5.39. The zero-order chi connectivity index (χ0) is 9.83. The molecule has 0 aliphatic carbocycles. The van der Waals surface area contributed by atoms with Crippen LogP contribution in [0, 0.1) is 5.41 Å². The molecule has 0 rings (SSSR count). The van der Waals surface area contributed by atoms with Crippen molar-refractivity contribution in [1.29, 1.82) is 0 Å². The Morgan fingerprint density at radius 1 is 0.778 bits per heavy atom. The average Bonchev–Trinajstić information content (AvgIpc) is 1.99. The van der Waals surface area contributed by atoms with Gasteiger partial charge in [0.1, 0.15) is 0 Å². The van der Waals surface area contributed by atoms with Crippen molar-refractivity contribution in [3.63, 3.8) is 0 Å². The molecule has 0 aliphatic heterocycles. The molecule has 0 saturated carbocycles. The van der Waals surface area contributed by atoms with E-state index in [1.807, 2.05) is 20.8 Å². The predicted molar refractivity (Wildman–Crippen MR) is 90.6 cm³/mol. The Morgan fingerprint density at radius 2 is 1.00 bits per heavy atom. The van der Waals surface area contributed by atoms with Gasteiger partial charge in [-0.25, -0.2) is 0 Å². The first-order valence-corrected chi connectivity index (χ1v) is 6.23. The summed E-state index contributed by atoms with van der Waals surface area (Å²) >= 11 is 0. The third-order valence-electron chi connectivity index (χ3n) is 2.79. The normalized spacial score (nSPS) is 8.94. The van der Waals surface area contributed by atoms with E-state index in [0.717, 1.165) is 19.3 Å². The Labute approximate surface area is 119 Å². The Balaban J connectivity index is -0.0000000403. The minimum atomic E-state index is -3.84. The summed E-state index contributed by atoms with van der Waals surface area (Å²) in [6, 6.07) is 0. The average molecular weight is 290 g/mol. The molecule has 0 bridgehead atoms. The van der Waals surface area contributed by atoms with Gasteiger partial charge in [0.15, 0.2) is 0 Å². The van der Waals surface area contributed by atoms with Crippen molar-refractivity contribution in [2.24, 2.45) is 5.41 Å². The van der Waals surface area contributed by atoms with Crippen molar-refractivity contribution in [3.8, 4) is 0 Å². The van der Waals surface area contributed by atoms with E-state index in [1.54, 1.807) is 0 Å². The minimum absolute atomic E-state index is 0. The van der Waals surface area contributed by atoms with Gasteiger partial charge in [-0.05, 0) is 24.7 Å². The lowest BCUT2D eigenvalue weighted by Crippen LogP contribution is -2.22. The summed E-state index contributed by atoms with van der Waals surface area (Å²) in [6.45, 7) is 5.97. The molecule has 0 radical (unpaired) electrons. The molecule has 0 aliphatic rings. The molecule has 0 aromatic heterocycles. The molecule has 0 aromatic carbocycles. The van der Waals surface area contributed by atoms with Crippen molar-refractivity contribution < 1.29 is 14.4 Å². The van der Waals surface area contributed by atoms with Gasteiger partial charge in [-0.3, -0.25) is 4.57 Å². The summed E-state index contributed by atoms with van der Waals surface area (Å²) in [6.07, 6.45) is 2.55. The van der Waals surface area contributed by atoms with E-state index < -0.39 is 7.60 Å². The lowest BCUT2D eigenvalue weighted by atomic mass is 9.82. The molecular formula is C14H43O3P. The van der Waals surface area contributed by atoms with Crippen LogP contribution < -0.4 is 0 Å². The Hall–Kier alpha value is 0.150. The molecule has 0 saturated heterocycles. The molecule has 0 unspecified atom stereocenters. The summed E-state index contributed by atoms with van der Waals surface area (Å²) in [5, 5.41) is 0. The second-order valence-corrected chi connectivity index (χ2v) is 5.03. The Morgan fingerprint density at radius 3 is 1.06 bits per heavy atom. The number of hydrogen-bond acceptors (Lipinski definition) is 1. The monoisotopic (exact) mass is 290 g/mol. The Bertz CT molecular complexity index is 164. The molecule has 122 valence electrons. The van der Waals surface area contributed by atoms with Crippen LogP contribution in [0.15, 0.2) is 0 Å². The predicted octanol–water partition coefficient (Wildman–Crippen LogP) is 6.20. The van der Waals surface area contributed by atoms with Crippen LogP contribution >= 0.6 is 7.60 Å². The maximum atomic E-state index is 10.8. The molecule has 0 atom stereocenters. The number of rotatable bonds is 5. The van der Waals surface area contributed by atoms with Crippen LogP contribution in [0.3, 0.4) is 0 Å². The largest absolute Gasteiger partial charge is 0.326 e. The maximum Gasteiger partial charge on any atom is 0.326 e. The molecule has 4 heteroatoms. The molecule has 0 spiro atoms. The lowest BCUT2D eigenvalue weighted by Gasteiger charge is -2.30. The van der Waals surface area contributed by atoms with Crippen LogP contribution in [-0.2, 0) is 4.57 Å². The van der Waals surface area contributed by atoms with E-state index in [9.17, 15) is 4.57 Å². The summed E-state index contributed by atoms with van der Waals surface area (Å²) in [7, 11) is -3.84. The van der Waals surface area contributed by atoms with E-state index in [-0.39, 0.29) is 56.1 Å². The van der Waals surface area contributed by atoms with E-state index in [0.29, 0.717) is 0 Å². The van der Waals surface area contributed by atoms with Crippen molar-refractivity contribution in [2.45, 2.75) is 84.6 Å². The highest BCUT2D eigenvalue weighted by atomic mass is 31.2. The van der Waals surface area contributed by atoms with E-state index in [2.05, 4.69) is 0 Å². The molecule has 0 amide bonds. The van der Waals surface area contributed by atoms with Crippen LogP contribution in [0.2, 0.25) is 0 Å². The molecule has 0 fully saturated rings. The van der Waals surface area contributed by atoms with Gasteiger partial charge in [-0.2, -0.15) is 0 Å². The third-order valence-corrected chi connectivity index (χ3v) is 3.87. The van der Waals surface area contributed by atoms with Crippen LogP contribution in [0.5, 0.6) is 0 Å². The van der Waals surface area contributed by atoms with Crippen molar-refractivity contribution in [2.75, 3.05) is 6.16 Å². The van der Waals surface area contributed by atoms with Crippen molar-refractivity contribution in [3.05, 3.63) is 0 Å². The molecule has 18 heavy (non-hydrogen) atoms. The molecule has 0 aromatic rings. The van der Waals surface area contributed by atoms with Gasteiger partial charge in [0.25, 0.3) is 0 Å². The van der Waals surface area contributed by atoms with Crippen LogP contribution in [-0.4, -0.2) is 15.9 Å². The van der Waals surface area contributed by atoms with Crippen molar-refractivity contribution in [1.82, 2.24) is 0 Å². The molecule has 0 heterocycles.